The molecule has 2 N–H and O–H groups in total. The minimum absolute atomic E-state index is 0.155. The Balaban J connectivity index is 1.28. The molecule has 1 aromatic carbocycles. The molecule has 0 bridgehead atoms. The van der Waals surface area contributed by atoms with Crippen molar-refractivity contribution in [1.82, 2.24) is 20.5 Å². The molecule has 2 atom stereocenters. The van der Waals surface area contributed by atoms with Gasteiger partial charge in [0, 0.05) is 57.5 Å². The van der Waals surface area contributed by atoms with Crippen LogP contribution in [-0.4, -0.2) is 54.7 Å². The summed E-state index contributed by atoms with van der Waals surface area (Å²) in [5.41, 5.74) is 2.41. The van der Waals surface area contributed by atoms with Crippen molar-refractivity contribution in [1.29, 1.82) is 0 Å². The third-order valence-corrected chi connectivity index (χ3v) is 6.21. The zero-order chi connectivity index (χ0) is 21.3. The van der Waals surface area contributed by atoms with E-state index in [0.717, 1.165) is 70.2 Å². The van der Waals surface area contributed by atoms with E-state index in [0.29, 0.717) is 12.0 Å². The predicted molar refractivity (Wildman–Crippen MR) is 125 cm³/mol. The summed E-state index contributed by atoms with van der Waals surface area (Å²) in [5, 5.41) is 7.11. The Morgan fingerprint density at radius 3 is 2.65 bits per heavy atom. The lowest BCUT2D eigenvalue weighted by atomic mass is 9.95. The van der Waals surface area contributed by atoms with Gasteiger partial charge >= 0.3 is 0 Å². The molecular weight excluding hydrogens is 386 g/mol. The normalized spacial score (nSPS) is 23.1. The molecule has 0 radical (unpaired) electrons. The molecule has 2 saturated heterocycles. The molecule has 2 aromatic rings. The van der Waals surface area contributed by atoms with E-state index in [1.54, 1.807) is 0 Å². The summed E-state index contributed by atoms with van der Waals surface area (Å²) in [7, 11) is 0. The van der Waals surface area contributed by atoms with Crippen LogP contribution in [0.15, 0.2) is 59.7 Å². The number of benzene rings is 1. The number of guanidine groups is 1. The van der Waals surface area contributed by atoms with Gasteiger partial charge in [0.25, 0.3) is 0 Å². The maximum Gasteiger partial charge on any atom is 0.191 e. The van der Waals surface area contributed by atoms with Gasteiger partial charge in [-0.15, -0.1) is 0 Å². The van der Waals surface area contributed by atoms with Gasteiger partial charge in [-0.1, -0.05) is 36.4 Å². The number of aromatic nitrogens is 1. The van der Waals surface area contributed by atoms with Gasteiger partial charge in [0.1, 0.15) is 0 Å². The van der Waals surface area contributed by atoms with Crippen LogP contribution in [0.5, 0.6) is 0 Å². The van der Waals surface area contributed by atoms with Gasteiger partial charge in [0.15, 0.2) is 5.96 Å². The maximum absolute atomic E-state index is 6.03. The fraction of sp³-hybridized carbons (Fsp3) is 0.520. The first-order valence-electron chi connectivity index (χ1n) is 11.7. The van der Waals surface area contributed by atoms with Crippen LogP contribution in [0.2, 0.25) is 0 Å². The molecule has 2 fully saturated rings. The first kappa shape index (κ1) is 21.8. The lowest BCUT2D eigenvalue weighted by Crippen LogP contribution is -2.48. The van der Waals surface area contributed by atoms with Crippen LogP contribution in [0.4, 0.5) is 0 Å². The molecule has 2 aliphatic rings. The van der Waals surface area contributed by atoms with Crippen molar-refractivity contribution < 1.29 is 4.74 Å². The second kappa shape index (κ2) is 11.3. The average Bonchev–Trinajstić information content (AvgIpc) is 3.29. The third-order valence-electron chi connectivity index (χ3n) is 6.21. The number of aliphatic imine (C=N–C) groups is 1. The first-order valence-corrected chi connectivity index (χ1v) is 11.7. The van der Waals surface area contributed by atoms with Gasteiger partial charge < -0.3 is 15.4 Å². The summed E-state index contributed by atoms with van der Waals surface area (Å²) >= 11 is 0. The minimum Gasteiger partial charge on any atom is -0.373 e. The van der Waals surface area contributed by atoms with Gasteiger partial charge in [-0.3, -0.25) is 14.9 Å². The van der Waals surface area contributed by atoms with Gasteiger partial charge in [0.2, 0.25) is 0 Å². The largest absolute Gasteiger partial charge is 0.373 e. The smallest absolute Gasteiger partial charge is 0.191 e. The Morgan fingerprint density at radius 2 is 1.90 bits per heavy atom. The molecule has 4 rings (SSSR count). The van der Waals surface area contributed by atoms with Crippen LogP contribution in [0.1, 0.15) is 43.5 Å². The summed E-state index contributed by atoms with van der Waals surface area (Å²) in [5.74, 6) is 1.36. The molecule has 0 amide bonds. The van der Waals surface area contributed by atoms with E-state index in [-0.39, 0.29) is 6.10 Å². The average molecular weight is 422 g/mol. The quantitative estimate of drug-likeness (QED) is 0.530. The third kappa shape index (κ3) is 6.28. The van der Waals surface area contributed by atoms with Crippen molar-refractivity contribution in [3.05, 3.63) is 66.0 Å². The Hall–Kier alpha value is -2.44. The SMILES string of the molecule is CCNC(=NCC1CCOC1c1ccccc1)NC1CCN(Cc2ccccn2)CC1. The van der Waals surface area contributed by atoms with E-state index in [4.69, 9.17) is 9.73 Å². The predicted octanol–water partition coefficient (Wildman–Crippen LogP) is 3.38. The van der Waals surface area contributed by atoms with E-state index in [2.05, 4.69) is 69.9 Å². The maximum atomic E-state index is 6.03. The highest BCUT2D eigenvalue weighted by Gasteiger charge is 2.29. The fourth-order valence-corrected chi connectivity index (χ4v) is 4.51. The fourth-order valence-electron chi connectivity index (χ4n) is 4.51. The first-order chi connectivity index (χ1) is 15.3. The number of pyridine rings is 1. The Labute approximate surface area is 186 Å². The molecule has 0 spiro atoms. The van der Waals surface area contributed by atoms with Crippen molar-refractivity contribution in [2.75, 3.05) is 32.8 Å². The number of hydrogen-bond acceptors (Lipinski definition) is 4. The number of piperidine rings is 1. The lowest BCUT2D eigenvalue weighted by molar-refractivity contribution is 0.0925. The van der Waals surface area contributed by atoms with Crippen molar-refractivity contribution >= 4 is 5.96 Å². The molecule has 31 heavy (non-hydrogen) atoms. The van der Waals surface area contributed by atoms with Gasteiger partial charge in [-0.05, 0) is 43.9 Å². The van der Waals surface area contributed by atoms with E-state index in [1.165, 1.54) is 5.56 Å². The molecule has 166 valence electrons. The molecule has 0 aliphatic carbocycles. The molecule has 2 aliphatic heterocycles. The van der Waals surface area contributed by atoms with Gasteiger partial charge in [-0.2, -0.15) is 0 Å². The second-order valence-corrected chi connectivity index (χ2v) is 8.49. The summed E-state index contributed by atoms with van der Waals surface area (Å²) in [4.78, 5) is 11.9. The van der Waals surface area contributed by atoms with Crippen molar-refractivity contribution in [2.45, 2.75) is 44.9 Å². The molecular formula is C25H35N5O. The molecule has 6 nitrogen and oxygen atoms in total. The number of ether oxygens (including phenoxy) is 1. The Kier molecular flexibility index (Phi) is 7.91. The van der Waals surface area contributed by atoms with Crippen molar-refractivity contribution in [2.24, 2.45) is 10.9 Å². The van der Waals surface area contributed by atoms with E-state index < -0.39 is 0 Å². The van der Waals surface area contributed by atoms with Crippen molar-refractivity contribution in [3.8, 4) is 0 Å². The zero-order valence-electron chi connectivity index (χ0n) is 18.5. The number of nitrogens with zero attached hydrogens (tertiary/aromatic N) is 3. The molecule has 6 heteroatoms. The number of rotatable bonds is 7. The summed E-state index contributed by atoms with van der Waals surface area (Å²) in [6.07, 6.45) is 5.34. The van der Waals surface area contributed by atoms with Crippen LogP contribution in [-0.2, 0) is 11.3 Å². The summed E-state index contributed by atoms with van der Waals surface area (Å²) in [6.45, 7) is 7.70. The molecule has 0 saturated carbocycles. The lowest BCUT2D eigenvalue weighted by Gasteiger charge is -2.33. The molecule has 2 unspecified atom stereocenters. The highest BCUT2D eigenvalue weighted by molar-refractivity contribution is 5.80. The van der Waals surface area contributed by atoms with E-state index >= 15 is 0 Å². The zero-order valence-corrected chi connectivity index (χ0v) is 18.5. The summed E-state index contributed by atoms with van der Waals surface area (Å²) in [6, 6.07) is 17.2. The number of nitrogens with one attached hydrogen (secondary N) is 2. The minimum atomic E-state index is 0.155. The van der Waals surface area contributed by atoms with E-state index in [9.17, 15) is 0 Å². The summed E-state index contributed by atoms with van der Waals surface area (Å²) < 4.78 is 6.03. The van der Waals surface area contributed by atoms with E-state index in [1.807, 2.05) is 12.3 Å². The van der Waals surface area contributed by atoms with Crippen LogP contribution in [0.25, 0.3) is 0 Å². The van der Waals surface area contributed by atoms with Crippen LogP contribution < -0.4 is 10.6 Å². The molecule has 3 heterocycles. The Bertz CT molecular complexity index is 805. The molecule has 1 aromatic heterocycles. The van der Waals surface area contributed by atoms with Gasteiger partial charge in [-0.25, -0.2) is 0 Å². The van der Waals surface area contributed by atoms with Crippen LogP contribution in [0.3, 0.4) is 0 Å². The number of hydrogen-bond donors (Lipinski definition) is 2. The highest BCUT2D eigenvalue weighted by atomic mass is 16.5. The standard InChI is InChI=1S/C25H35N5O/c1-2-26-25(28-18-21-13-17-31-24(21)20-8-4-3-5-9-20)29-22-11-15-30(16-12-22)19-23-10-6-7-14-27-23/h3-10,14,21-22,24H,2,11-13,15-19H2,1H3,(H2,26,28,29). The Morgan fingerprint density at radius 1 is 1.10 bits per heavy atom. The van der Waals surface area contributed by atoms with Crippen LogP contribution in [0, 0.1) is 5.92 Å². The topological polar surface area (TPSA) is 61.8 Å². The van der Waals surface area contributed by atoms with Gasteiger partial charge in [0.05, 0.1) is 11.8 Å². The monoisotopic (exact) mass is 421 g/mol. The second-order valence-electron chi connectivity index (χ2n) is 8.49. The number of likely N-dealkylation sites (tertiary alicyclic amines) is 1. The van der Waals surface area contributed by atoms with Crippen molar-refractivity contribution in [3.63, 3.8) is 0 Å². The highest BCUT2D eigenvalue weighted by Crippen LogP contribution is 2.34. The van der Waals surface area contributed by atoms with Crippen LogP contribution >= 0.6 is 0 Å².